The molecule has 30 heavy (non-hydrogen) atoms. The molecule has 1 amide bonds. The first kappa shape index (κ1) is 19.6. The lowest BCUT2D eigenvalue weighted by molar-refractivity contribution is -0.0500. The monoisotopic (exact) mass is 415 g/mol. The van der Waals surface area contributed by atoms with Gasteiger partial charge in [0.05, 0.1) is 48.1 Å². The summed E-state index contributed by atoms with van der Waals surface area (Å²) in [5, 5.41) is 4.04. The van der Waals surface area contributed by atoms with Gasteiger partial charge in [0, 0.05) is 18.0 Å². The summed E-state index contributed by atoms with van der Waals surface area (Å²) in [6.07, 6.45) is 5.69. The van der Waals surface area contributed by atoms with E-state index in [0.717, 1.165) is 0 Å². The van der Waals surface area contributed by atoms with E-state index in [4.69, 9.17) is 0 Å². The second-order valence-electron chi connectivity index (χ2n) is 6.74. The lowest BCUT2D eigenvalue weighted by Gasteiger charge is -2.12. The van der Waals surface area contributed by atoms with Crippen LogP contribution in [0.5, 0.6) is 5.75 Å². The largest absolute Gasteiger partial charge is 0.433 e. The van der Waals surface area contributed by atoms with Gasteiger partial charge in [0.25, 0.3) is 5.91 Å². The van der Waals surface area contributed by atoms with Crippen LogP contribution >= 0.6 is 0 Å². The van der Waals surface area contributed by atoms with E-state index in [1.165, 1.54) is 34.2 Å². The number of carbonyl (C=O) groups excluding carboxylic acids is 1. The van der Waals surface area contributed by atoms with E-state index >= 15 is 0 Å². The molecule has 0 fully saturated rings. The third kappa shape index (κ3) is 3.76. The maximum atomic E-state index is 13.0. The lowest BCUT2D eigenvalue weighted by Crippen LogP contribution is -2.22. The number of hydrogen-bond donors (Lipinski definition) is 0. The molecule has 3 aromatic rings. The molecule has 0 aromatic carbocycles. The van der Waals surface area contributed by atoms with Gasteiger partial charge in [-0.1, -0.05) is 6.58 Å². The number of aryl methyl sites for hydroxylation is 1. The second-order valence-corrected chi connectivity index (χ2v) is 6.74. The van der Waals surface area contributed by atoms with Gasteiger partial charge in [-0.3, -0.25) is 24.3 Å². The van der Waals surface area contributed by atoms with Gasteiger partial charge in [0.2, 0.25) is 0 Å². The summed E-state index contributed by atoms with van der Waals surface area (Å²) in [5.74, 6) is -0.871. The van der Waals surface area contributed by atoms with Crippen molar-refractivity contribution in [1.82, 2.24) is 19.7 Å². The number of amides is 1. The van der Waals surface area contributed by atoms with Crippen LogP contribution in [0.4, 0.5) is 18.9 Å². The number of alkyl halides is 2. The average Bonchev–Trinajstić information content (AvgIpc) is 3.25. The van der Waals surface area contributed by atoms with Crippen LogP contribution in [-0.2, 0) is 13.1 Å². The molecule has 10 heteroatoms. The summed E-state index contributed by atoms with van der Waals surface area (Å²) in [5.41, 5.74) is 3.17. The molecule has 0 saturated heterocycles. The highest BCUT2D eigenvalue weighted by molar-refractivity contribution is 6.10. The molecule has 1 aliphatic heterocycles. The van der Waals surface area contributed by atoms with Crippen molar-refractivity contribution in [3.8, 4) is 17.0 Å². The normalized spacial score (nSPS) is 13.1. The van der Waals surface area contributed by atoms with Crippen LogP contribution in [0, 0.1) is 6.92 Å². The van der Waals surface area contributed by atoms with Crippen molar-refractivity contribution in [2.45, 2.75) is 26.6 Å². The van der Waals surface area contributed by atoms with Gasteiger partial charge in [0.15, 0.2) is 0 Å². The van der Waals surface area contributed by atoms with Crippen molar-refractivity contribution in [2.24, 2.45) is 0 Å². The summed E-state index contributed by atoms with van der Waals surface area (Å²) in [7, 11) is 0. The highest BCUT2D eigenvalue weighted by Gasteiger charge is 2.32. The molecule has 0 atom stereocenters. The van der Waals surface area contributed by atoms with Crippen LogP contribution < -0.4 is 9.64 Å². The minimum Gasteiger partial charge on any atom is -0.433 e. The van der Waals surface area contributed by atoms with Crippen LogP contribution in [0.3, 0.4) is 0 Å². The molecule has 3 aromatic heterocycles. The molecule has 7 nitrogen and oxygen atoms in total. The highest BCUT2D eigenvalue weighted by Crippen LogP contribution is 2.32. The predicted molar refractivity (Wildman–Crippen MR) is 102 cm³/mol. The van der Waals surface area contributed by atoms with E-state index in [2.05, 4.69) is 26.4 Å². The second kappa shape index (κ2) is 7.62. The Hall–Kier alpha value is -3.69. The maximum Gasteiger partial charge on any atom is 0.387 e. The number of fused-ring (bicyclic) bond motifs is 1. The van der Waals surface area contributed by atoms with E-state index in [0.29, 0.717) is 33.8 Å². The standard InChI is InChI=1S/C20H16F3N5O2/c1-11-3-16(13-4-15(7-24-5-13)30-20(22)23)26-17-10-28(19(29)18(11)17)14-6-25-27(9-14)8-12(2)21/h3-7,9,20H,2,8,10H2,1H3. The number of rotatable bonds is 6. The van der Waals surface area contributed by atoms with Crippen molar-refractivity contribution >= 4 is 11.6 Å². The number of pyridine rings is 2. The Balaban J connectivity index is 1.64. The van der Waals surface area contributed by atoms with Crippen LogP contribution in [0.1, 0.15) is 21.6 Å². The third-order valence-corrected chi connectivity index (χ3v) is 4.56. The fourth-order valence-electron chi connectivity index (χ4n) is 3.34. The summed E-state index contributed by atoms with van der Waals surface area (Å²) in [4.78, 5) is 22.9. The number of halogens is 3. The van der Waals surface area contributed by atoms with Crippen LogP contribution in [0.15, 0.2) is 49.3 Å². The van der Waals surface area contributed by atoms with Gasteiger partial charge in [-0.05, 0) is 24.6 Å². The zero-order chi connectivity index (χ0) is 21.4. The Bertz CT molecular complexity index is 1150. The van der Waals surface area contributed by atoms with Gasteiger partial charge in [-0.15, -0.1) is 0 Å². The Morgan fingerprint density at radius 1 is 1.30 bits per heavy atom. The van der Waals surface area contributed by atoms with Gasteiger partial charge in [0.1, 0.15) is 11.6 Å². The summed E-state index contributed by atoms with van der Waals surface area (Å²) < 4.78 is 43.7. The molecule has 0 spiro atoms. The molecule has 4 heterocycles. The third-order valence-electron chi connectivity index (χ3n) is 4.56. The SMILES string of the molecule is C=C(F)Cn1cc(N2Cc3nc(-c4cncc(OC(F)F)c4)cc(C)c3C2=O)cn1. The Morgan fingerprint density at radius 2 is 2.10 bits per heavy atom. The molecule has 0 N–H and O–H groups in total. The molecule has 0 saturated carbocycles. The molecule has 0 aliphatic carbocycles. The minimum absolute atomic E-state index is 0.0815. The van der Waals surface area contributed by atoms with E-state index in [1.807, 2.05) is 0 Å². The number of anilines is 1. The van der Waals surface area contributed by atoms with Crippen molar-refractivity contribution < 1.29 is 22.7 Å². The summed E-state index contributed by atoms with van der Waals surface area (Å²) in [6, 6.07) is 3.11. The summed E-state index contributed by atoms with van der Waals surface area (Å²) >= 11 is 0. The Labute approximate surface area is 169 Å². The zero-order valence-electron chi connectivity index (χ0n) is 15.8. The topological polar surface area (TPSA) is 73.1 Å². The first-order valence-electron chi connectivity index (χ1n) is 8.90. The smallest absolute Gasteiger partial charge is 0.387 e. The number of nitrogens with zero attached hydrogens (tertiary/aromatic N) is 5. The average molecular weight is 415 g/mol. The van der Waals surface area contributed by atoms with E-state index in [1.54, 1.807) is 19.2 Å². The van der Waals surface area contributed by atoms with E-state index in [9.17, 15) is 18.0 Å². The maximum absolute atomic E-state index is 13.0. The number of hydrogen-bond acceptors (Lipinski definition) is 5. The molecule has 4 rings (SSSR count). The molecule has 0 bridgehead atoms. The number of carbonyl (C=O) groups is 1. The molecule has 0 radical (unpaired) electrons. The Morgan fingerprint density at radius 3 is 2.83 bits per heavy atom. The van der Waals surface area contributed by atoms with Gasteiger partial charge in [-0.2, -0.15) is 13.9 Å². The fourth-order valence-corrected chi connectivity index (χ4v) is 3.34. The quantitative estimate of drug-likeness (QED) is 0.611. The first-order chi connectivity index (χ1) is 14.3. The van der Waals surface area contributed by atoms with Gasteiger partial charge >= 0.3 is 6.61 Å². The first-order valence-corrected chi connectivity index (χ1v) is 8.90. The van der Waals surface area contributed by atoms with E-state index in [-0.39, 0.29) is 24.7 Å². The van der Waals surface area contributed by atoms with Gasteiger partial charge in [-0.25, -0.2) is 4.39 Å². The van der Waals surface area contributed by atoms with Crippen molar-refractivity contribution in [2.75, 3.05) is 4.90 Å². The molecular formula is C20H16F3N5O2. The van der Waals surface area contributed by atoms with E-state index < -0.39 is 12.4 Å². The Kier molecular flexibility index (Phi) is 4.98. The lowest BCUT2D eigenvalue weighted by atomic mass is 10.1. The van der Waals surface area contributed by atoms with Crippen molar-refractivity contribution in [3.05, 3.63) is 66.1 Å². The molecular weight excluding hydrogens is 399 g/mol. The predicted octanol–water partition coefficient (Wildman–Crippen LogP) is 3.89. The van der Waals surface area contributed by atoms with Crippen molar-refractivity contribution in [3.63, 3.8) is 0 Å². The number of ether oxygens (including phenoxy) is 1. The molecule has 0 unspecified atom stereocenters. The number of allylic oxidation sites excluding steroid dienone is 1. The van der Waals surface area contributed by atoms with Crippen LogP contribution in [-0.4, -0.2) is 32.3 Å². The minimum atomic E-state index is -2.96. The van der Waals surface area contributed by atoms with Crippen LogP contribution in [0.2, 0.25) is 0 Å². The highest BCUT2D eigenvalue weighted by atomic mass is 19.3. The summed E-state index contributed by atoms with van der Waals surface area (Å²) in [6.45, 7) is 2.12. The zero-order valence-corrected chi connectivity index (χ0v) is 15.8. The van der Waals surface area contributed by atoms with Gasteiger partial charge < -0.3 is 4.74 Å². The number of aromatic nitrogens is 4. The molecule has 154 valence electrons. The fraction of sp³-hybridized carbons (Fsp3) is 0.200. The molecule has 1 aliphatic rings. The van der Waals surface area contributed by atoms with Crippen LogP contribution in [0.25, 0.3) is 11.3 Å². The van der Waals surface area contributed by atoms with Crippen molar-refractivity contribution in [1.29, 1.82) is 0 Å².